The van der Waals surface area contributed by atoms with Gasteiger partial charge in [0.1, 0.15) is 46.5 Å². The van der Waals surface area contributed by atoms with E-state index in [1.54, 1.807) is 65.8 Å². The predicted molar refractivity (Wildman–Crippen MR) is 198 cm³/mol. The third kappa shape index (κ3) is 8.93. The van der Waals surface area contributed by atoms with Crippen molar-refractivity contribution in [3.8, 4) is 22.9 Å². The number of amides is 3. The molecule has 5 atom stereocenters. The molecule has 1 saturated heterocycles. The Labute approximate surface area is 316 Å². The van der Waals surface area contributed by atoms with Crippen molar-refractivity contribution in [2.45, 2.75) is 110 Å². The first kappa shape index (κ1) is 40.4. The van der Waals surface area contributed by atoms with Gasteiger partial charge in [0.15, 0.2) is 5.13 Å². The lowest BCUT2D eigenvalue weighted by molar-refractivity contribution is -0.147. The fourth-order valence-corrected chi connectivity index (χ4v) is 7.22. The second-order valence-corrected chi connectivity index (χ2v) is 16.9. The molecular formula is C37H48F2N6O8S. The van der Waals surface area contributed by atoms with Crippen LogP contribution in [0.2, 0.25) is 0 Å². The lowest BCUT2D eigenvalue weighted by Gasteiger charge is -2.35. The summed E-state index contributed by atoms with van der Waals surface area (Å²) in [5, 5.41) is 21.3. The van der Waals surface area contributed by atoms with Gasteiger partial charge >= 0.3 is 12.1 Å². The zero-order chi connectivity index (χ0) is 39.9. The number of carboxylic acid groups (broad SMARTS) is 1. The summed E-state index contributed by atoms with van der Waals surface area (Å²) in [6.07, 6.45) is -5.26. The number of methoxy groups -OCH3 is 1. The van der Waals surface area contributed by atoms with Crippen LogP contribution in [0.4, 0.5) is 18.7 Å². The number of pyridine rings is 1. The van der Waals surface area contributed by atoms with Crippen molar-refractivity contribution in [1.82, 2.24) is 25.5 Å². The molecule has 2 aromatic heterocycles. The topological polar surface area (TPSA) is 181 Å². The Bertz CT molecular complexity index is 1910. The summed E-state index contributed by atoms with van der Waals surface area (Å²) in [5.41, 5.74) is -2.34. The molecule has 294 valence electrons. The number of fused-ring (bicyclic) bond motifs is 1. The van der Waals surface area contributed by atoms with E-state index in [1.165, 1.54) is 23.3 Å². The highest BCUT2D eigenvalue weighted by atomic mass is 32.1. The lowest BCUT2D eigenvalue weighted by Crippen LogP contribution is -2.59. The molecule has 14 nitrogen and oxygen atoms in total. The number of benzene rings is 1. The van der Waals surface area contributed by atoms with E-state index >= 15 is 0 Å². The Balaban J connectivity index is 1.51. The number of nitrogens with zero attached hydrogens (tertiary/aromatic N) is 3. The number of aliphatic carboxylic acids is 1. The number of aromatic nitrogens is 2. The molecule has 2 fully saturated rings. The van der Waals surface area contributed by atoms with Crippen LogP contribution < -0.4 is 25.4 Å². The molecule has 1 saturated carbocycles. The number of thiazole rings is 1. The minimum atomic E-state index is -2.98. The zero-order valence-corrected chi connectivity index (χ0v) is 32.6. The van der Waals surface area contributed by atoms with Gasteiger partial charge in [0.05, 0.1) is 30.8 Å². The van der Waals surface area contributed by atoms with Gasteiger partial charge in [-0.1, -0.05) is 20.8 Å². The number of likely N-dealkylation sites (tertiary alicyclic amines) is 1. The van der Waals surface area contributed by atoms with Crippen LogP contribution in [0.25, 0.3) is 22.3 Å². The number of hydrogen-bond donors (Lipinski definition) is 4. The number of carbonyl (C=O) groups excluding carboxylic acids is 3. The number of rotatable bonds is 12. The Kier molecular flexibility index (Phi) is 11.3. The molecule has 5 rings (SSSR count). The molecule has 2 aliphatic rings. The maximum Gasteiger partial charge on any atom is 0.408 e. The Hall–Kier alpha value is -4.80. The maximum absolute atomic E-state index is 14.4. The fourth-order valence-electron chi connectivity index (χ4n) is 6.37. The molecule has 1 unspecified atom stereocenters. The van der Waals surface area contributed by atoms with Crippen molar-refractivity contribution in [3.05, 3.63) is 29.6 Å². The van der Waals surface area contributed by atoms with E-state index in [4.69, 9.17) is 19.2 Å². The molecule has 0 radical (unpaired) electrons. The Morgan fingerprint density at radius 3 is 2.33 bits per heavy atom. The number of carbonyl (C=O) groups is 4. The molecule has 54 heavy (non-hydrogen) atoms. The molecule has 1 aliphatic carbocycles. The van der Waals surface area contributed by atoms with Gasteiger partial charge in [-0.3, -0.25) is 9.59 Å². The van der Waals surface area contributed by atoms with E-state index in [0.717, 1.165) is 0 Å². The number of carboxylic acids is 1. The van der Waals surface area contributed by atoms with Gasteiger partial charge in [-0.05, 0) is 58.6 Å². The lowest BCUT2D eigenvalue weighted by atomic mass is 9.85. The molecule has 1 aliphatic heterocycles. The van der Waals surface area contributed by atoms with E-state index in [1.807, 2.05) is 19.2 Å². The number of alkyl halides is 2. The predicted octanol–water partition coefficient (Wildman–Crippen LogP) is 5.70. The second kappa shape index (κ2) is 15.1. The molecule has 0 bridgehead atoms. The molecule has 3 heterocycles. The van der Waals surface area contributed by atoms with Crippen LogP contribution in [0.3, 0.4) is 0 Å². The SMILES string of the molecule is COc1ccc2c(O[C@@H]3CC(C(=O)N[C@@]4(C(=O)O)C[C@H]4C(F)F)N(C(=O)[C@@H](NC(=O)OC(C)(C)C)C(C)(C)C)C3)cc(-c3csc(NC(C)C)n3)nc2c1. The quantitative estimate of drug-likeness (QED) is 0.177. The van der Waals surface area contributed by atoms with Gasteiger partial charge < -0.3 is 40.2 Å². The van der Waals surface area contributed by atoms with Gasteiger partial charge in [0, 0.05) is 35.4 Å². The largest absolute Gasteiger partial charge is 0.497 e. The van der Waals surface area contributed by atoms with Crippen LogP contribution in [0.1, 0.15) is 68.2 Å². The summed E-state index contributed by atoms with van der Waals surface area (Å²) in [4.78, 5) is 64.2. The Morgan fingerprint density at radius 2 is 1.76 bits per heavy atom. The van der Waals surface area contributed by atoms with E-state index in [-0.39, 0.29) is 19.0 Å². The number of alkyl carbamates (subject to hydrolysis) is 1. The second-order valence-electron chi connectivity index (χ2n) is 16.1. The molecular weight excluding hydrogens is 727 g/mol. The normalized spacial score (nSPS) is 21.9. The van der Waals surface area contributed by atoms with E-state index in [0.29, 0.717) is 38.9 Å². The summed E-state index contributed by atoms with van der Waals surface area (Å²) < 4.78 is 44.8. The molecule has 17 heteroatoms. The molecule has 1 aromatic carbocycles. The average molecular weight is 775 g/mol. The van der Waals surface area contributed by atoms with Crippen LogP contribution in [-0.2, 0) is 19.1 Å². The highest BCUT2D eigenvalue weighted by molar-refractivity contribution is 7.14. The smallest absolute Gasteiger partial charge is 0.408 e. The third-order valence-corrected chi connectivity index (χ3v) is 9.89. The Morgan fingerprint density at radius 1 is 1.06 bits per heavy atom. The fraction of sp³-hybridized carbons (Fsp3) is 0.568. The summed E-state index contributed by atoms with van der Waals surface area (Å²) in [6.45, 7) is 14.0. The first-order valence-electron chi connectivity index (χ1n) is 17.6. The van der Waals surface area contributed by atoms with Crippen molar-refractivity contribution >= 4 is 51.2 Å². The summed E-state index contributed by atoms with van der Waals surface area (Å²) in [5.74, 6) is -3.86. The van der Waals surface area contributed by atoms with Crippen LogP contribution in [0.5, 0.6) is 11.5 Å². The van der Waals surface area contributed by atoms with E-state index in [9.17, 15) is 33.1 Å². The van der Waals surface area contributed by atoms with Crippen LogP contribution in [0, 0.1) is 11.3 Å². The highest BCUT2D eigenvalue weighted by Crippen LogP contribution is 2.48. The van der Waals surface area contributed by atoms with Crippen LogP contribution in [0.15, 0.2) is 29.6 Å². The minimum absolute atomic E-state index is 0.121. The summed E-state index contributed by atoms with van der Waals surface area (Å²) in [6, 6.07) is 4.57. The number of nitrogens with one attached hydrogen (secondary N) is 3. The first-order valence-corrected chi connectivity index (χ1v) is 18.5. The van der Waals surface area contributed by atoms with Crippen molar-refractivity contribution in [2.24, 2.45) is 11.3 Å². The average Bonchev–Trinajstić information content (AvgIpc) is 3.37. The molecule has 3 aromatic rings. The standard InChI is InChI=1S/C37H48F2N6O8S/c1-18(2)40-33-42-25(17-54-33)24-14-27(21-11-10-19(51-9)12-23(21)41-24)52-20-13-26(30(46)44-37(32(48)49)15-22(37)29(38)39)45(16-20)31(47)28(35(3,4)5)43-34(50)53-36(6,7)8/h10-12,14,17-18,20,22,26,28-29H,13,15-16H2,1-9H3,(H,40,42)(H,43,50)(H,44,46)(H,48,49)/t20-,22+,26?,28-,37+/m1/s1. The maximum atomic E-state index is 14.4. The van der Waals surface area contributed by atoms with E-state index in [2.05, 4.69) is 20.9 Å². The molecule has 0 spiro atoms. The minimum Gasteiger partial charge on any atom is -0.497 e. The van der Waals surface area contributed by atoms with Crippen LogP contribution in [-0.4, -0.2) is 99.3 Å². The van der Waals surface area contributed by atoms with Crippen LogP contribution >= 0.6 is 11.3 Å². The monoisotopic (exact) mass is 774 g/mol. The van der Waals surface area contributed by atoms with Crippen molar-refractivity contribution < 1.29 is 47.3 Å². The van der Waals surface area contributed by atoms with Gasteiger partial charge in [0.25, 0.3) is 0 Å². The van der Waals surface area contributed by atoms with Gasteiger partial charge in [-0.15, -0.1) is 11.3 Å². The highest BCUT2D eigenvalue weighted by Gasteiger charge is 2.66. The van der Waals surface area contributed by atoms with Crippen molar-refractivity contribution in [3.63, 3.8) is 0 Å². The van der Waals surface area contributed by atoms with Crippen molar-refractivity contribution in [1.29, 1.82) is 0 Å². The number of halogens is 2. The molecule has 4 N–H and O–H groups in total. The summed E-state index contributed by atoms with van der Waals surface area (Å²) in [7, 11) is 1.53. The van der Waals surface area contributed by atoms with E-state index < -0.39 is 77.4 Å². The number of ether oxygens (including phenoxy) is 3. The first-order chi connectivity index (χ1) is 25.1. The van der Waals surface area contributed by atoms with Gasteiger partial charge in [-0.25, -0.2) is 28.3 Å². The number of anilines is 1. The van der Waals surface area contributed by atoms with Gasteiger partial charge in [-0.2, -0.15) is 0 Å². The molecule has 3 amide bonds. The number of hydrogen-bond acceptors (Lipinski definition) is 11. The zero-order valence-electron chi connectivity index (χ0n) is 31.8. The third-order valence-electron chi connectivity index (χ3n) is 9.12. The van der Waals surface area contributed by atoms with Crippen molar-refractivity contribution in [2.75, 3.05) is 19.0 Å². The van der Waals surface area contributed by atoms with Gasteiger partial charge in [0.2, 0.25) is 18.2 Å². The summed E-state index contributed by atoms with van der Waals surface area (Å²) >= 11 is 1.41.